The Bertz CT molecular complexity index is 654. The van der Waals surface area contributed by atoms with Gasteiger partial charge in [0.05, 0.1) is 16.1 Å². The Hall–Kier alpha value is -1.82. The summed E-state index contributed by atoms with van der Waals surface area (Å²) in [7, 11) is 0. The normalized spacial score (nSPS) is 23.1. The summed E-state index contributed by atoms with van der Waals surface area (Å²) in [6.45, 7) is 2.82. The molecule has 3 rings (SSSR count). The van der Waals surface area contributed by atoms with Crippen LogP contribution in [0.4, 0.5) is 10.8 Å². The first-order valence-electron chi connectivity index (χ1n) is 6.76. The molecule has 0 aliphatic carbocycles. The van der Waals surface area contributed by atoms with Crippen molar-refractivity contribution in [2.75, 3.05) is 17.2 Å². The quantitative estimate of drug-likeness (QED) is 0.828. The SMILES string of the molecule is CC1CCC(C(N)=O)CN1c1nc2ccc(N)cc2s1. The molecule has 4 N–H and O–H groups in total. The molecular weight excluding hydrogens is 272 g/mol. The van der Waals surface area contributed by atoms with E-state index in [2.05, 4.69) is 16.8 Å². The fourth-order valence-electron chi connectivity index (χ4n) is 2.66. The molecule has 20 heavy (non-hydrogen) atoms. The number of nitrogens with two attached hydrogens (primary N) is 2. The maximum Gasteiger partial charge on any atom is 0.222 e. The number of anilines is 2. The molecule has 1 fully saturated rings. The van der Waals surface area contributed by atoms with E-state index < -0.39 is 0 Å². The number of carbonyl (C=O) groups excluding carboxylic acids is 1. The molecule has 0 spiro atoms. The number of nitrogen functional groups attached to an aromatic ring is 1. The Kier molecular flexibility index (Phi) is 3.25. The lowest BCUT2D eigenvalue weighted by Gasteiger charge is -2.36. The maximum atomic E-state index is 11.4. The van der Waals surface area contributed by atoms with Gasteiger partial charge in [-0.05, 0) is 38.0 Å². The van der Waals surface area contributed by atoms with Gasteiger partial charge in [0.2, 0.25) is 5.91 Å². The van der Waals surface area contributed by atoms with E-state index in [9.17, 15) is 4.79 Å². The second-order valence-corrected chi connectivity index (χ2v) is 6.41. The number of nitrogens with zero attached hydrogens (tertiary/aromatic N) is 2. The first kappa shape index (κ1) is 13.2. The third kappa shape index (κ3) is 2.31. The number of hydrogen-bond acceptors (Lipinski definition) is 5. The van der Waals surface area contributed by atoms with Crippen LogP contribution in [0.2, 0.25) is 0 Å². The van der Waals surface area contributed by atoms with Gasteiger partial charge in [-0.15, -0.1) is 0 Å². The second-order valence-electron chi connectivity index (χ2n) is 5.40. The molecule has 1 saturated heterocycles. The number of primary amides is 1. The molecule has 1 aliphatic rings. The minimum absolute atomic E-state index is 0.0803. The fourth-order valence-corrected chi connectivity index (χ4v) is 3.78. The smallest absolute Gasteiger partial charge is 0.222 e. The Morgan fingerprint density at radius 1 is 1.45 bits per heavy atom. The number of piperidine rings is 1. The van der Waals surface area contributed by atoms with Crippen LogP contribution in [0.3, 0.4) is 0 Å². The molecule has 106 valence electrons. The van der Waals surface area contributed by atoms with Gasteiger partial charge >= 0.3 is 0 Å². The van der Waals surface area contributed by atoms with Gasteiger partial charge in [0.1, 0.15) is 0 Å². The van der Waals surface area contributed by atoms with Crippen LogP contribution < -0.4 is 16.4 Å². The zero-order valence-electron chi connectivity index (χ0n) is 11.4. The zero-order valence-corrected chi connectivity index (χ0v) is 12.2. The molecule has 2 aromatic rings. The minimum Gasteiger partial charge on any atom is -0.399 e. The standard InChI is InChI=1S/C14H18N4OS/c1-8-2-3-9(13(16)19)7-18(8)14-17-11-5-4-10(15)6-12(11)20-14/h4-6,8-9H,2-3,7,15H2,1H3,(H2,16,19). The number of aromatic nitrogens is 1. The van der Waals surface area contributed by atoms with Crippen LogP contribution in [0.25, 0.3) is 10.2 Å². The Labute approximate surface area is 121 Å². The Morgan fingerprint density at radius 2 is 2.25 bits per heavy atom. The van der Waals surface area contributed by atoms with E-state index in [1.807, 2.05) is 18.2 Å². The van der Waals surface area contributed by atoms with Crippen molar-refractivity contribution in [2.45, 2.75) is 25.8 Å². The van der Waals surface area contributed by atoms with Crippen molar-refractivity contribution < 1.29 is 4.79 Å². The monoisotopic (exact) mass is 290 g/mol. The summed E-state index contributed by atoms with van der Waals surface area (Å²) in [6.07, 6.45) is 1.83. The number of amides is 1. The summed E-state index contributed by atoms with van der Waals surface area (Å²) in [5, 5.41) is 0.948. The first-order chi connectivity index (χ1) is 9.54. The van der Waals surface area contributed by atoms with Crippen LogP contribution in [-0.4, -0.2) is 23.5 Å². The van der Waals surface area contributed by atoms with E-state index in [0.29, 0.717) is 12.6 Å². The van der Waals surface area contributed by atoms with Gasteiger partial charge in [0.15, 0.2) is 5.13 Å². The number of thiazole rings is 1. The van der Waals surface area contributed by atoms with Gasteiger partial charge in [-0.2, -0.15) is 0 Å². The molecule has 0 bridgehead atoms. The van der Waals surface area contributed by atoms with Crippen molar-refractivity contribution in [3.05, 3.63) is 18.2 Å². The maximum absolute atomic E-state index is 11.4. The number of benzene rings is 1. The van der Waals surface area contributed by atoms with Crippen molar-refractivity contribution in [1.82, 2.24) is 4.98 Å². The summed E-state index contributed by atoms with van der Waals surface area (Å²) >= 11 is 1.62. The molecule has 2 unspecified atom stereocenters. The topological polar surface area (TPSA) is 85.2 Å². The third-order valence-electron chi connectivity index (χ3n) is 3.93. The predicted octanol–water partition coefficient (Wildman–Crippen LogP) is 1.97. The molecule has 2 atom stereocenters. The average Bonchev–Trinajstić information content (AvgIpc) is 2.81. The minimum atomic E-state index is -0.216. The highest BCUT2D eigenvalue weighted by Gasteiger charge is 2.30. The molecule has 0 saturated carbocycles. The number of carbonyl (C=O) groups is 1. The second kappa shape index (κ2) is 4.94. The highest BCUT2D eigenvalue weighted by atomic mass is 32.1. The largest absolute Gasteiger partial charge is 0.399 e. The molecule has 6 heteroatoms. The molecule has 5 nitrogen and oxygen atoms in total. The lowest BCUT2D eigenvalue weighted by atomic mass is 9.93. The number of fused-ring (bicyclic) bond motifs is 1. The van der Waals surface area contributed by atoms with E-state index in [4.69, 9.17) is 11.5 Å². The average molecular weight is 290 g/mol. The van der Waals surface area contributed by atoms with Gasteiger partial charge in [-0.3, -0.25) is 4.79 Å². The van der Waals surface area contributed by atoms with Crippen LogP contribution in [-0.2, 0) is 4.79 Å². The van der Waals surface area contributed by atoms with Crippen LogP contribution in [0, 0.1) is 5.92 Å². The van der Waals surface area contributed by atoms with Crippen molar-refractivity contribution in [3.8, 4) is 0 Å². The van der Waals surface area contributed by atoms with E-state index in [-0.39, 0.29) is 11.8 Å². The van der Waals surface area contributed by atoms with Gasteiger partial charge < -0.3 is 16.4 Å². The number of rotatable bonds is 2. The van der Waals surface area contributed by atoms with Crippen LogP contribution in [0.5, 0.6) is 0 Å². The number of hydrogen-bond donors (Lipinski definition) is 2. The summed E-state index contributed by atoms with van der Waals surface area (Å²) in [5.41, 5.74) is 12.9. The van der Waals surface area contributed by atoms with E-state index >= 15 is 0 Å². The molecule has 2 heterocycles. The van der Waals surface area contributed by atoms with Crippen LogP contribution in [0.1, 0.15) is 19.8 Å². The molecule has 0 radical (unpaired) electrons. The summed E-state index contributed by atoms with van der Waals surface area (Å²) in [4.78, 5) is 18.3. The van der Waals surface area contributed by atoms with Gasteiger partial charge in [0, 0.05) is 18.3 Å². The van der Waals surface area contributed by atoms with Gasteiger partial charge in [-0.1, -0.05) is 11.3 Å². The van der Waals surface area contributed by atoms with E-state index in [0.717, 1.165) is 33.9 Å². The molecule has 1 aromatic heterocycles. The van der Waals surface area contributed by atoms with Crippen LogP contribution in [0.15, 0.2) is 18.2 Å². The zero-order chi connectivity index (χ0) is 14.3. The predicted molar refractivity (Wildman–Crippen MR) is 82.8 cm³/mol. The van der Waals surface area contributed by atoms with Crippen LogP contribution >= 0.6 is 11.3 Å². The molecule has 1 aliphatic heterocycles. The highest BCUT2D eigenvalue weighted by Crippen LogP contribution is 2.34. The van der Waals surface area contributed by atoms with Gasteiger partial charge in [0.25, 0.3) is 0 Å². The van der Waals surface area contributed by atoms with Crippen molar-refractivity contribution >= 4 is 38.3 Å². The van der Waals surface area contributed by atoms with Gasteiger partial charge in [-0.25, -0.2) is 4.98 Å². The lowest BCUT2D eigenvalue weighted by molar-refractivity contribution is -0.122. The summed E-state index contributed by atoms with van der Waals surface area (Å²) in [5.74, 6) is -0.296. The molecular formula is C14H18N4OS. The highest BCUT2D eigenvalue weighted by molar-refractivity contribution is 7.22. The fraction of sp³-hybridized carbons (Fsp3) is 0.429. The summed E-state index contributed by atoms with van der Waals surface area (Å²) in [6, 6.07) is 6.11. The molecule has 1 amide bonds. The molecule has 1 aromatic carbocycles. The Balaban J connectivity index is 1.93. The van der Waals surface area contributed by atoms with E-state index in [1.165, 1.54) is 0 Å². The third-order valence-corrected chi connectivity index (χ3v) is 4.99. The van der Waals surface area contributed by atoms with Crippen molar-refractivity contribution in [3.63, 3.8) is 0 Å². The Morgan fingerprint density at radius 3 is 3.00 bits per heavy atom. The van der Waals surface area contributed by atoms with Crippen molar-refractivity contribution in [1.29, 1.82) is 0 Å². The van der Waals surface area contributed by atoms with E-state index in [1.54, 1.807) is 11.3 Å². The lowest BCUT2D eigenvalue weighted by Crippen LogP contribution is -2.45. The summed E-state index contributed by atoms with van der Waals surface area (Å²) < 4.78 is 1.08. The first-order valence-corrected chi connectivity index (χ1v) is 7.58. The van der Waals surface area contributed by atoms with Crippen molar-refractivity contribution in [2.24, 2.45) is 11.7 Å².